The molecule has 2 N–H and O–H groups in total. The molecule has 0 saturated heterocycles. The van der Waals surface area contributed by atoms with Crippen LogP contribution >= 0.6 is 11.3 Å². The van der Waals surface area contributed by atoms with Crippen LogP contribution in [-0.4, -0.2) is 11.7 Å². The first-order valence-corrected chi connectivity index (χ1v) is 7.60. The van der Waals surface area contributed by atoms with Gasteiger partial charge in [0.25, 0.3) is 0 Å². The van der Waals surface area contributed by atoms with E-state index in [1.165, 1.54) is 0 Å². The van der Waals surface area contributed by atoms with Gasteiger partial charge in [0.2, 0.25) is 0 Å². The smallest absolute Gasteiger partial charge is 0.134 e. The first-order valence-electron chi connectivity index (χ1n) is 6.66. The van der Waals surface area contributed by atoms with Crippen LogP contribution in [0.1, 0.15) is 30.4 Å². The van der Waals surface area contributed by atoms with Gasteiger partial charge in [-0.3, -0.25) is 0 Å². The van der Waals surface area contributed by atoms with Gasteiger partial charge in [0.1, 0.15) is 11.3 Å². The summed E-state index contributed by atoms with van der Waals surface area (Å²) in [5, 5.41) is 18.4. The minimum absolute atomic E-state index is 0.0654. The number of para-hydroxylation sites is 1. The van der Waals surface area contributed by atoms with Gasteiger partial charge in [-0.15, -0.1) is 0 Å². The molecule has 3 nitrogen and oxygen atoms in total. The lowest BCUT2D eigenvalue weighted by molar-refractivity contribution is 0.170. The second kappa shape index (κ2) is 5.79. The molecule has 0 aliphatic rings. The zero-order valence-corrected chi connectivity index (χ0v) is 12.1. The van der Waals surface area contributed by atoms with Crippen molar-refractivity contribution in [2.24, 2.45) is 0 Å². The highest BCUT2D eigenvalue weighted by molar-refractivity contribution is 7.07. The van der Waals surface area contributed by atoms with E-state index in [0.29, 0.717) is 6.54 Å². The molecule has 2 atom stereocenters. The Kier molecular flexibility index (Phi) is 3.87. The Morgan fingerprint density at radius 3 is 2.90 bits per heavy atom. The number of aliphatic hydroxyl groups is 1. The van der Waals surface area contributed by atoms with Gasteiger partial charge in [-0.1, -0.05) is 18.2 Å². The molecule has 4 heteroatoms. The lowest BCUT2D eigenvalue weighted by Gasteiger charge is -2.14. The van der Waals surface area contributed by atoms with Crippen molar-refractivity contribution in [2.45, 2.75) is 19.1 Å². The first kappa shape index (κ1) is 13.4. The van der Waals surface area contributed by atoms with Gasteiger partial charge >= 0.3 is 0 Å². The normalized spacial score (nSPS) is 14.5. The average Bonchev–Trinajstić information content (AvgIpc) is 3.12. The van der Waals surface area contributed by atoms with Crippen molar-refractivity contribution in [3.05, 3.63) is 58.5 Å². The van der Waals surface area contributed by atoms with E-state index in [2.05, 4.69) is 5.32 Å². The molecule has 0 aliphatic carbocycles. The molecule has 1 aromatic carbocycles. The molecule has 2 heterocycles. The molecule has 0 spiro atoms. The highest BCUT2D eigenvalue weighted by Gasteiger charge is 2.14. The van der Waals surface area contributed by atoms with E-state index in [4.69, 9.17) is 4.42 Å². The molecule has 0 bridgehead atoms. The Hall–Kier alpha value is -1.62. The SMILES string of the molecule is CC(NCC(O)c1ccsc1)c1cc2ccccc2o1. The highest BCUT2D eigenvalue weighted by Crippen LogP contribution is 2.24. The minimum Gasteiger partial charge on any atom is -0.459 e. The van der Waals surface area contributed by atoms with Crippen LogP contribution in [0.15, 0.2) is 51.6 Å². The maximum absolute atomic E-state index is 10.1. The largest absolute Gasteiger partial charge is 0.459 e. The van der Waals surface area contributed by atoms with E-state index in [-0.39, 0.29) is 6.04 Å². The Balaban J connectivity index is 1.65. The summed E-state index contributed by atoms with van der Waals surface area (Å²) in [6, 6.07) is 12.0. The lowest BCUT2D eigenvalue weighted by atomic mass is 10.1. The maximum Gasteiger partial charge on any atom is 0.134 e. The number of rotatable bonds is 5. The molecule has 0 saturated carbocycles. The first-order chi connectivity index (χ1) is 9.74. The van der Waals surface area contributed by atoms with Crippen molar-refractivity contribution in [2.75, 3.05) is 6.54 Å². The van der Waals surface area contributed by atoms with Crippen LogP contribution in [0.3, 0.4) is 0 Å². The molecule has 104 valence electrons. The van der Waals surface area contributed by atoms with E-state index < -0.39 is 6.10 Å². The summed E-state index contributed by atoms with van der Waals surface area (Å²) in [4.78, 5) is 0. The standard InChI is InChI=1S/C16H17NO2S/c1-11(17-9-14(18)13-6-7-20-10-13)16-8-12-4-2-3-5-15(12)19-16/h2-8,10-11,14,17-18H,9H2,1H3. The van der Waals surface area contributed by atoms with Crippen molar-refractivity contribution in [3.63, 3.8) is 0 Å². The van der Waals surface area contributed by atoms with Gasteiger partial charge in [0.05, 0.1) is 12.1 Å². The van der Waals surface area contributed by atoms with E-state index in [1.807, 2.05) is 54.1 Å². The summed E-state index contributed by atoms with van der Waals surface area (Å²) in [5.74, 6) is 0.892. The number of hydrogen-bond acceptors (Lipinski definition) is 4. The number of furan rings is 1. The van der Waals surface area contributed by atoms with Crippen LogP contribution in [0.4, 0.5) is 0 Å². The molecule has 2 aromatic heterocycles. The fourth-order valence-electron chi connectivity index (χ4n) is 2.19. The molecule has 20 heavy (non-hydrogen) atoms. The lowest BCUT2D eigenvalue weighted by Crippen LogP contribution is -2.24. The van der Waals surface area contributed by atoms with E-state index >= 15 is 0 Å². The predicted molar refractivity (Wildman–Crippen MR) is 81.9 cm³/mol. The topological polar surface area (TPSA) is 45.4 Å². The molecule has 2 unspecified atom stereocenters. The summed E-state index contributed by atoms with van der Waals surface area (Å²) in [5.41, 5.74) is 1.86. The molecule has 0 radical (unpaired) electrons. The molecule has 0 amide bonds. The third-order valence-corrected chi connectivity index (χ3v) is 4.12. The van der Waals surface area contributed by atoms with Gasteiger partial charge in [-0.05, 0) is 41.4 Å². The molecular formula is C16H17NO2S. The van der Waals surface area contributed by atoms with Crippen LogP contribution in [0.2, 0.25) is 0 Å². The third-order valence-electron chi connectivity index (χ3n) is 3.42. The van der Waals surface area contributed by atoms with Crippen molar-refractivity contribution in [1.82, 2.24) is 5.32 Å². The summed E-state index contributed by atoms with van der Waals surface area (Å²) < 4.78 is 5.81. The zero-order valence-electron chi connectivity index (χ0n) is 11.2. The van der Waals surface area contributed by atoms with Gasteiger partial charge in [0, 0.05) is 11.9 Å². The van der Waals surface area contributed by atoms with Crippen LogP contribution in [0, 0.1) is 0 Å². The molecule has 0 aliphatic heterocycles. The summed E-state index contributed by atoms with van der Waals surface area (Å²) in [6.07, 6.45) is -0.479. The van der Waals surface area contributed by atoms with Gasteiger partial charge < -0.3 is 14.8 Å². The monoisotopic (exact) mass is 287 g/mol. The van der Waals surface area contributed by atoms with Crippen LogP contribution in [-0.2, 0) is 0 Å². The quantitative estimate of drug-likeness (QED) is 0.748. The Morgan fingerprint density at radius 2 is 2.15 bits per heavy atom. The number of hydrogen-bond donors (Lipinski definition) is 2. The Morgan fingerprint density at radius 1 is 1.30 bits per heavy atom. The van der Waals surface area contributed by atoms with Gasteiger partial charge in [0.15, 0.2) is 0 Å². The number of thiophene rings is 1. The summed E-state index contributed by atoms with van der Waals surface area (Å²) in [6.45, 7) is 2.55. The second-order valence-electron chi connectivity index (χ2n) is 4.89. The van der Waals surface area contributed by atoms with Gasteiger partial charge in [-0.2, -0.15) is 11.3 Å². The van der Waals surface area contributed by atoms with E-state index in [0.717, 1.165) is 22.3 Å². The van der Waals surface area contributed by atoms with Crippen molar-refractivity contribution < 1.29 is 9.52 Å². The molecule has 0 fully saturated rings. The summed E-state index contributed by atoms with van der Waals surface area (Å²) in [7, 11) is 0. The predicted octanol–water partition coefficient (Wildman–Crippen LogP) is 3.88. The summed E-state index contributed by atoms with van der Waals surface area (Å²) >= 11 is 1.60. The molecule has 3 aromatic rings. The van der Waals surface area contributed by atoms with E-state index in [1.54, 1.807) is 11.3 Å². The van der Waals surface area contributed by atoms with Crippen molar-refractivity contribution >= 4 is 22.3 Å². The third kappa shape index (κ3) is 2.77. The Labute approximate surface area is 121 Å². The van der Waals surface area contributed by atoms with Crippen LogP contribution in [0.25, 0.3) is 11.0 Å². The van der Waals surface area contributed by atoms with Crippen LogP contribution in [0.5, 0.6) is 0 Å². The fourth-order valence-corrected chi connectivity index (χ4v) is 2.89. The number of nitrogens with one attached hydrogen (secondary N) is 1. The fraction of sp³-hybridized carbons (Fsp3) is 0.250. The zero-order chi connectivity index (χ0) is 13.9. The Bertz CT molecular complexity index is 642. The molecular weight excluding hydrogens is 270 g/mol. The maximum atomic E-state index is 10.1. The average molecular weight is 287 g/mol. The van der Waals surface area contributed by atoms with E-state index in [9.17, 15) is 5.11 Å². The highest BCUT2D eigenvalue weighted by atomic mass is 32.1. The minimum atomic E-state index is -0.479. The number of fused-ring (bicyclic) bond motifs is 1. The molecule has 3 rings (SSSR count). The van der Waals surface area contributed by atoms with Crippen molar-refractivity contribution in [3.8, 4) is 0 Å². The second-order valence-corrected chi connectivity index (χ2v) is 5.67. The van der Waals surface area contributed by atoms with Gasteiger partial charge in [-0.25, -0.2) is 0 Å². The number of benzene rings is 1. The van der Waals surface area contributed by atoms with Crippen LogP contribution < -0.4 is 5.32 Å². The van der Waals surface area contributed by atoms with Crippen molar-refractivity contribution in [1.29, 1.82) is 0 Å². The number of aliphatic hydroxyl groups excluding tert-OH is 1.